The smallest absolute Gasteiger partial charge is 0.140 e. The number of carbonyl (C=O) groups is 2. The van der Waals surface area contributed by atoms with Crippen molar-refractivity contribution in [3.63, 3.8) is 0 Å². The lowest BCUT2D eigenvalue weighted by molar-refractivity contribution is -0.127. The summed E-state index contributed by atoms with van der Waals surface area (Å²) in [5.41, 5.74) is 0. The molecule has 0 unspecified atom stereocenters. The first kappa shape index (κ1) is 16.3. The molecule has 0 spiro atoms. The molecule has 0 aliphatic heterocycles. The minimum Gasteiger partial charge on any atom is -0.385 e. The van der Waals surface area contributed by atoms with Crippen LogP contribution in [-0.4, -0.2) is 39.0 Å². The monoisotopic (exact) mass is 244 g/mol. The van der Waals surface area contributed by atoms with Crippen LogP contribution in [0.2, 0.25) is 0 Å². The quantitative estimate of drug-likeness (QED) is 0.390. The average Bonchev–Trinajstić information content (AvgIpc) is 2.30. The highest BCUT2D eigenvalue weighted by atomic mass is 16.5. The number of Topliss-reactive ketones (excluding diaryl/α,β-unsaturated/α-hetero) is 2. The van der Waals surface area contributed by atoms with Gasteiger partial charge < -0.3 is 9.47 Å². The van der Waals surface area contributed by atoms with Gasteiger partial charge in [-0.3, -0.25) is 9.59 Å². The molecule has 0 bridgehead atoms. The summed E-state index contributed by atoms with van der Waals surface area (Å²) in [6.07, 6.45) is 4.46. The molecule has 0 aromatic rings. The number of hydrogen-bond donors (Lipinski definition) is 0. The Morgan fingerprint density at radius 1 is 0.765 bits per heavy atom. The van der Waals surface area contributed by atoms with E-state index in [-0.39, 0.29) is 18.0 Å². The Bertz CT molecular complexity index is 191. The van der Waals surface area contributed by atoms with Gasteiger partial charge in [-0.15, -0.1) is 0 Å². The highest BCUT2D eigenvalue weighted by Crippen LogP contribution is 2.04. The molecular formula is C13H24O4. The summed E-state index contributed by atoms with van der Waals surface area (Å²) < 4.78 is 9.78. The fraction of sp³-hybridized carbons (Fsp3) is 0.846. The molecule has 0 heterocycles. The Labute approximate surface area is 104 Å². The molecule has 4 heteroatoms. The van der Waals surface area contributed by atoms with Crippen LogP contribution >= 0.6 is 0 Å². The van der Waals surface area contributed by atoms with E-state index < -0.39 is 0 Å². The predicted molar refractivity (Wildman–Crippen MR) is 66.1 cm³/mol. The zero-order valence-corrected chi connectivity index (χ0v) is 11.0. The molecule has 0 saturated carbocycles. The third-order valence-corrected chi connectivity index (χ3v) is 2.50. The van der Waals surface area contributed by atoms with Crippen LogP contribution < -0.4 is 0 Å². The molecule has 0 fully saturated rings. The summed E-state index contributed by atoms with van der Waals surface area (Å²) in [5, 5.41) is 0. The van der Waals surface area contributed by atoms with Crippen LogP contribution in [0.1, 0.15) is 44.9 Å². The molecule has 4 nitrogen and oxygen atoms in total. The highest BCUT2D eigenvalue weighted by Gasteiger charge is 2.08. The van der Waals surface area contributed by atoms with Gasteiger partial charge in [-0.1, -0.05) is 0 Å². The fourth-order valence-electron chi connectivity index (χ4n) is 1.53. The molecule has 0 saturated heterocycles. The number of ether oxygens (including phenoxy) is 2. The number of rotatable bonds is 12. The molecule has 0 aromatic carbocycles. The zero-order valence-electron chi connectivity index (χ0n) is 11.0. The third-order valence-electron chi connectivity index (χ3n) is 2.50. The highest BCUT2D eigenvalue weighted by molar-refractivity contribution is 5.98. The Morgan fingerprint density at radius 2 is 1.18 bits per heavy atom. The Morgan fingerprint density at radius 3 is 1.53 bits per heavy atom. The van der Waals surface area contributed by atoms with Crippen molar-refractivity contribution in [2.75, 3.05) is 27.4 Å². The predicted octanol–water partition coefficient (Wildman–Crippen LogP) is 2.15. The second kappa shape index (κ2) is 11.7. The summed E-state index contributed by atoms with van der Waals surface area (Å²) >= 11 is 0. The molecule has 0 N–H and O–H groups in total. The first-order valence-electron chi connectivity index (χ1n) is 6.22. The Kier molecular flexibility index (Phi) is 11.2. The van der Waals surface area contributed by atoms with E-state index >= 15 is 0 Å². The molecule has 0 aromatic heterocycles. The van der Waals surface area contributed by atoms with Crippen molar-refractivity contribution in [1.29, 1.82) is 0 Å². The molecule has 0 amide bonds. The Hall–Kier alpha value is -0.740. The van der Waals surface area contributed by atoms with Crippen molar-refractivity contribution in [3.8, 4) is 0 Å². The second-order valence-corrected chi connectivity index (χ2v) is 4.15. The Balaban J connectivity index is 3.42. The first-order chi connectivity index (χ1) is 8.20. The summed E-state index contributed by atoms with van der Waals surface area (Å²) in [5.74, 6) is 0.107. The minimum absolute atomic E-state index is 0.0536. The van der Waals surface area contributed by atoms with Gasteiger partial charge in [0.15, 0.2) is 0 Å². The van der Waals surface area contributed by atoms with Crippen molar-refractivity contribution in [3.05, 3.63) is 0 Å². The van der Waals surface area contributed by atoms with Crippen molar-refractivity contribution < 1.29 is 19.1 Å². The molecule has 0 rings (SSSR count). The van der Waals surface area contributed by atoms with E-state index in [0.717, 1.165) is 25.7 Å². The van der Waals surface area contributed by atoms with Crippen LogP contribution in [0.15, 0.2) is 0 Å². The molecule has 100 valence electrons. The van der Waals surface area contributed by atoms with E-state index in [1.807, 2.05) is 0 Å². The largest absolute Gasteiger partial charge is 0.385 e. The van der Waals surface area contributed by atoms with Crippen molar-refractivity contribution in [2.24, 2.45) is 0 Å². The number of unbranched alkanes of at least 4 members (excludes halogenated alkanes) is 2. The van der Waals surface area contributed by atoms with Gasteiger partial charge in [0.1, 0.15) is 11.6 Å². The lowest BCUT2D eigenvalue weighted by Crippen LogP contribution is -2.08. The standard InChI is InChI=1S/C13H24O4/c1-16-9-5-3-7-12(14)11-13(15)8-4-6-10-17-2/h3-11H2,1-2H3. The van der Waals surface area contributed by atoms with E-state index in [1.165, 1.54) is 0 Å². The van der Waals surface area contributed by atoms with E-state index in [1.54, 1.807) is 14.2 Å². The van der Waals surface area contributed by atoms with Crippen LogP contribution in [0.25, 0.3) is 0 Å². The fourth-order valence-corrected chi connectivity index (χ4v) is 1.53. The maximum absolute atomic E-state index is 11.4. The molecule has 0 radical (unpaired) electrons. The third kappa shape index (κ3) is 11.5. The van der Waals surface area contributed by atoms with Gasteiger partial charge in [-0.25, -0.2) is 0 Å². The van der Waals surface area contributed by atoms with Gasteiger partial charge in [0, 0.05) is 40.3 Å². The van der Waals surface area contributed by atoms with Gasteiger partial charge in [0.05, 0.1) is 6.42 Å². The summed E-state index contributed by atoms with van der Waals surface area (Å²) in [6, 6.07) is 0. The van der Waals surface area contributed by atoms with Crippen LogP contribution in [-0.2, 0) is 19.1 Å². The SMILES string of the molecule is COCCCCC(=O)CC(=O)CCCCOC. The maximum atomic E-state index is 11.4. The van der Waals surface area contributed by atoms with Crippen LogP contribution in [0.3, 0.4) is 0 Å². The van der Waals surface area contributed by atoms with Crippen molar-refractivity contribution in [1.82, 2.24) is 0 Å². The molecular weight excluding hydrogens is 220 g/mol. The average molecular weight is 244 g/mol. The van der Waals surface area contributed by atoms with Crippen LogP contribution in [0, 0.1) is 0 Å². The van der Waals surface area contributed by atoms with Gasteiger partial charge in [0.25, 0.3) is 0 Å². The van der Waals surface area contributed by atoms with Crippen molar-refractivity contribution >= 4 is 11.6 Å². The molecule has 0 aliphatic carbocycles. The normalized spacial score (nSPS) is 10.5. The first-order valence-corrected chi connectivity index (χ1v) is 6.22. The van der Waals surface area contributed by atoms with E-state index in [9.17, 15) is 9.59 Å². The zero-order chi connectivity index (χ0) is 12.9. The lowest BCUT2D eigenvalue weighted by Gasteiger charge is -2.01. The number of methoxy groups -OCH3 is 2. The van der Waals surface area contributed by atoms with E-state index in [2.05, 4.69) is 0 Å². The summed E-state index contributed by atoms with van der Waals surface area (Å²) in [4.78, 5) is 22.8. The number of ketones is 2. The van der Waals surface area contributed by atoms with Crippen LogP contribution in [0.5, 0.6) is 0 Å². The van der Waals surface area contributed by atoms with Crippen LogP contribution in [0.4, 0.5) is 0 Å². The van der Waals surface area contributed by atoms with Gasteiger partial charge in [-0.05, 0) is 25.7 Å². The maximum Gasteiger partial charge on any atom is 0.140 e. The topological polar surface area (TPSA) is 52.6 Å². The summed E-state index contributed by atoms with van der Waals surface area (Å²) in [6.45, 7) is 1.36. The van der Waals surface area contributed by atoms with Crippen molar-refractivity contribution in [2.45, 2.75) is 44.9 Å². The number of hydrogen-bond acceptors (Lipinski definition) is 4. The van der Waals surface area contributed by atoms with E-state index in [0.29, 0.717) is 26.1 Å². The molecule has 17 heavy (non-hydrogen) atoms. The van der Waals surface area contributed by atoms with E-state index in [4.69, 9.17) is 9.47 Å². The minimum atomic E-state index is 0.0536. The lowest BCUT2D eigenvalue weighted by atomic mass is 10.0. The number of carbonyl (C=O) groups excluding carboxylic acids is 2. The van der Waals surface area contributed by atoms with Gasteiger partial charge in [0.2, 0.25) is 0 Å². The molecule has 0 aliphatic rings. The molecule has 0 atom stereocenters. The summed E-state index contributed by atoms with van der Waals surface area (Å²) in [7, 11) is 3.29. The second-order valence-electron chi connectivity index (χ2n) is 4.15. The van der Waals surface area contributed by atoms with Gasteiger partial charge in [-0.2, -0.15) is 0 Å². The van der Waals surface area contributed by atoms with Gasteiger partial charge >= 0.3 is 0 Å².